The van der Waals surface area contributed by atoms with Crippen molar-refractivity contribution in [1.82, 2.24) is 19.8 Å². The van der Waals surface area contributed by atoms with Crippen LogP contribution in [-0.4, -0.2) is 74.5 Å². The summed E-state index contributed by atoms with van der Waals surface area (Å²) in [4.78, 5) is 26.1. The van der Waals surface area contributed by atoms with Gasteiger partial charge in [0.2, 0.25) is 21.8 Å². The van der Waals surface area contributed by atoms with Gasteiger partial charge in [0, 0.05) is 30.2 Å². The summed E-state index contributed by atoms with van der Waals surface area (Å²) in [6, 6.07) is 5.77. The molecule has 0 aliphatic carbocycles. The predicted octanol–water partition coefficient (Wildman–Crippen LogP) is 1.30. The molecule has 1 aromatic carbocycles. The molecular weight excluding hydrogens is 452 g/mol. The Hall–Kier alpha value is -2.12. The van der Waals surface area contributed by atoms with Gasteiger partial charge in [-0.1, -0.05) is 35.7 Å². The van der Waals surface area contributed by atoms with Crippen LogP contribution < -0.4 is 10.6 Å². The first-order chi connectivity index (χ1) is 15.0. The number of carbonyl (C=O) groups excluding carboxylic acids is 2. The fourth-order valence-corrected chi connectivity index (χ4v) is 5.24. The fraction of sp³-hybridized carbons (Fsp3) is 0.545. The Kier molecular flexibility index (Phi) is 9.52. The number of terminal acetylenes is 1. The Morgan fingerprint density at radius 2 is 1.94 bits per heavy atom. The summed E-state index contributed by atoms with van der Waals surface area (Å²) in [5, 5.41) is 5.63. The van der Waals surface area contributed by atoms with Gasteiger partial charge in [-0.3, -0.25) is 14.5 Å². The number of hydrogen-bond acceptors (Lipinski definition) is 5. The lowest BCUT2D eigenvalue weighted by atomic mass is 9.99. The molecule has 0 aromatic heterocycles. The van der Waals surface area contributed by atoms with Gasteiger partial charge in [-0.15, -0.1) is 6.42 Å². The van der Waals surface area contributed by atoms with E-state index in [1.807, 2.05) is 25.1 Å². The zero-order valence-corrected chi connectivity index (χ0v) is 20.3. The fourth-order valence-electron chi connectivity index (χ4n) is 3.86. The lowest BCUT2D eigenvalue weighted by molar-refractivity contribution is -0.126. The maximum Gasteiger partial charge on any atom is 0.240 e. The van der Waals surface area contributed by atoms with Crippen molar-refractivity contribution in [1.29, 1.82) is 0 Å². The van der Waals surface area contributed by atoms with E-state index in [-0.39, 0.29) is 31.7 Å². The molecule has 32 heavy (non-hydrogen) atoms. The Balaban J connectivity index is 1.97. The van der Waals surface area contributed by atoms with E-state index >= 15 is 0 Å². The summed E-state index contributed by atoms with van der Waals surface area (Å²) in [7, 11) is -3.61. The molecular formula is C22H31ClN4O4S. The molecule has 2 rings (SSSR count). The molecule has 0 bridgehead atoms. The lowest BCUT2D eigenvalue weighted by Crippen LogP contribution is -2.51. The van der Waals surface area contributed by atoms with Crippen molar-refractivity contribution < 1.29 is 18.0 Å². The number of halogens is 1. The highest BCUT2D eigenvalue weighted by atomic mass is 35.5. The Labute approximate surface area is 195 Å². The second-order valence-electron chi connectivity index (χ2n) is 7.99. The minimum absolute atomic E-state index is 0.0644. The van der Waals surface area contributed by atoms with Gasteiger partial charge in [0.1, 0.15) is 0 Å². The number of sulfonamides is 1. The number of piperidine rings is 1. The van der Waals surface area contributed by atoms with Gasteiger partial charge in [0.05, 0.1) is 25.9 Å². The van der Waals surface area contributed by atoms with Gasteiger partial charge in [-0.25, -0.2) is 8.42 Å². The van der Waals surface area contributed by atoms with Gasteiger partial charge in [-0.2, -0.15) is 4.31 Å². The van der Waals surface area contributed by atoms with Gasteiger partial charge < -0.3 is 10.6 Å². The zero-order chi connectivity index (χ0) is 23.9. The first-order valence-electron chi connectivity index (χ1n) is 10.5. The lowest BCUT2D eigenvalue weighted by Gasteiger charge is -2.39. The second kappa shape index (κ2) is 11.7. The van der Waals surface area contributed by atoms with Crippen LogP contribution in [0.3, 0.4) is 0 Å². The maximum absolute atomic E-state index is 12.4. The molecule has 2 amide bonds. The monoisotopic (exact) mass is 482 g/mol. The predicted molar refractivity (Wildman–Crippen MR) is 126 cm³/mol. The second-order valence-corrected chi connectivity index (χ2v) is 10.3. The van der Waals surface area contributed by atoms with Gasteiger partial charge in [0.15, 0.2) is 0 Å². The Bertz CT molecular complexity index is 969. The van der Waals surface area contributed by atoms with Crippen molar-refractivity contribution in [3.63, 3.8) is 0 Å². The highest BCUT2D eigenvalue weighted by molar-refractivity contribution is 7.88. The molecule has 1 aliphatic heterocycles. The molecule has 0 saturated carbocycles. The number of benzene rings is 1. The molecule has 1 atom stereocenters. The Morgan fingerprint density at radius 3 is 2.53 bits per heavy atom. The first kappa shape index (κ1) is 26.1. The first-order valence-corrected chi connectivity index (χ1v) is 12.7. The van der Waals surface area contributed by atoms with Crippen LogP contribution in [0.2, 0.25) is 5.02 Å². The quantitative estimate of drug-likeness (QED) is 0.517. The van der Waals surface area contributed by atoms with E-state index in [1.165, 1.54) is 4.31 Å². The molecule has 1 saturated heterocycles. The molecule has 8 nitrogen and oxygen atoms in total. The van der Waals surface area contributed by atoms with Crippen LogP contribution in [-0.2, 0) is 19.6 Å². The summed E-state index contributed by atoms with van der Waals surface area (Å²) < 4.78 is 26.0. The average Bonchev–Trinajstić information content (AvgIpc) is 2.75. The highest BCUT2D eigenvalue weighted by Gasteiger charge is 2.33. The SMILES string of the molecule is C#CCNC(=O)CNC(=O)CN(C1CCN(C(C)c2cccc(C)c2Cl)CC1)S(C)(=O)=O. The smallest absolute Gasteiger partial charge is 0.240 e. The number of carbonyl (C=O) groups is 2. The minimum Gasteiger partial charge on any atom is -0.346 e. The zero-order valence-electron chi connectivity index (χ0n) is 18.7. The molecule has 0 spiro atoms. The van der Waals surface area contributed by atoms with Crippen molar-refractivity contribution in [2.24, 2.45) is 0 Å². The van der Waals surface area contributed by atoms with Gasteiger partial charge in [-0.05, 0) is 37.8 Å². The van der Waals surface area contributed by atoms with E-state index in [9.17, 15) is 18.0 Å². The third kappa shape index (κ3) is 7.20. The van der Waals surface area contributed by atoms with Crippen molar-refractivity contribution in [3.05, 3.63) is 34.3 Å². The third-order valence-electron chi connectivity index (χ3n) is 5.68. The van der Waals surface area contributed by atoms with Crippen molar-refractivity contribution in [2.45, 2.75) is 38.8 Å². The summed E-state index contributed by atoms with van der Waals surface area (Å²) in [6.07, 6.45) is 7.36. The summed E-state index contributed by atoms with van der Waals surface area (Å²) in [6.45, 7) is 4.90. The van der Waals surface area contributed by atoms with Crippen LogP contribution in [0.15, 0.2) is 18.2 Å². The average molecular weight is 483 g/mol. The molecule has 2 N–H and O–H groups in total. The summed E-state index contributed by atoms with van der Waals surface area (Å²) in [5.41, 5.74) is 2.07. The highest BCUT2D eigenvalue weighted by Crippen LogP contribution is 2.32. The van der Waals surface area contributed by atoms with Crippen molar-refractivity contribution in [3.8, 4) is 12.3 Å². The van der Waals surface area contributed by atoms with E-state index in [0.717, 1.165) is 22.4 Å². The van der Waals surface area contributed by atoms with E-state index in [4.69, 9.17) is 18.0 Å². The molecule has 1 aliphatic rings. The third-order valence-corrected chi connectivity index (χ3v) is 7.48. The van der Waals surface area contributed by atoms with Crippen LogP contribution >= 0.6 is 11.6 Å². The van der Waals surface area contributed by atoms with Crippen LogP contribution in [0.4, 0.5) is 0 Å². The van der Waals surface area contributed by atoms with E-state index in [2.05, 4.69) is 28.4 Å². The number of rotatable bonds is 9. The topological polar surface area (TPSA) is 98.8 Å². The van der Waals surface area contributed by atoms with Gasteiger partial charge in [0.25, 0.3) is 0 Å². The number of aryl methyl sites for hydroxylation is 1. The Morgan fingerprint density at radius 1 is 1.28 bits per heavy atom. The van der Waals surface area contributed by atoms with Crippen molar-refractivity contribution in [2.75, 3.05) is 39.0 Å². The largest absolute Gasteiger partial charge is 0.346 e. The van der Waals surface area contributed by atoms with Gasteiger partial charge >= 0.3 is 0 Å². The normalized spacial score (nSPS) is 16.4. The summed E-state index contributed by atoms with van der Waals surface area (Å²) in [5.74, 6) is 1.30. The van der Waals surface area contributed by atoms with Crippen molar-refractivity contribution >= 4 is 33.4 Å². The molecule has 10 heteroatoms. The van der Waals surface area contributed by atoms with Crippen LogP contribution in [0.1, 0.15) is 36.9 Å². The number of likely N-dealkylation sites (tertiary alicyclic amines) is 1. The number of nitrogens with zero attached hydrogens (tertiary/aromatic N) is 2. The molecule has 1 aromatic rings. The molecule has 1 fully saturated rings. The summed E-state index contributed by atoms with van der Waals surface area (Å²) >= 11 is 6.49. The molecule has 0 radical (unpaired) electrons. The molecule has 176 valence electrons. The van der Waals surface area contributed by atoms with E-state index in [0.29, 0.717) is 25.9 Å². The molecule has 1 unspecified atom stereocenters. The number of nitrogens with one attached hydrogen (secondary N) is 2. The minimum atomic E-state index is -3.61. The number of amides is 2. The maximum atomic E-state index is 12.4. The molecule has 1 heterocycles. The van der Waals surface area contributed by atoms with E-state index in [1.54, 1.807) is 0 Å². The van der Waals surface area contributed by atoms with Crippen LogP contribution in [0, 0.1) is 19.3 Å². The number of hydrogen-bond donors (Lipinski definition) is 2. The van der Waals surface area contributed by atoms with Crippen LogP contribution in [0.25, 0.3) is 0 Å². The van der Waals surface area contributed by atoms with Crippen LogP contribution in [0.5, 0.6) is 0 Å². The van der Waals surface area contributed by atoms with E-state index < -0.39 is 21.8 Å². The standard InChI is InChI=1S/C22H31ClN4O4S/c1-5-11-24-20(28)14-25-21(29)15-27(32(4,30)31)18-9-12-26(13-10-18)17(3)19-8-6-7-16(2)22(19)23/h1,6-8,17-18H,9-15H2,2-4H3,(H,24,28)(H,25,29).